The zero-order valence-corrected chi connectivity index (χ0v) is 17.9. The van der Waals surface area contributed by atoms with Gasteiger partial charge in [-0.3, -0.25) is 24.8 Å². The van der Waals surface area contributed by atoms with Gasteiger partial charge in [-0.1, -0.05) is 23.8 Å². The number of rotatable bonds is 9. The van der Waals surface area contributed by atoms with Gasteiger partial charge in [-0.15, -0.1) is 17.2 Å². The van der Waals surface area contributed by atoms with Crippen molar-refractivity contribution in [1.29, 1.82) is 5.41 Å². The number of amides is 2. The highest BCUT2D eigenvalue weighted by atomic mass is 35.5. The number of sulfonamides is 1. The lowest BCUT2D eigenvalue weighted by atomic mass is 9.99. The van der Waals surface area contributed by atoms with Crippen LogP contribution in [0.1, 0.15) is 19.8 Å². The van der Waals surface area contributed by atoms with E-state index in [0.717, 1.165) is 10.6 Å². The number of hydrogen-bond acceptors (Lipinski definition) is 6. The minimum Gasteiger partial charge on any atom is -0.368 e. The average molecular weight is 461 g/mol. The fourth-order valence-corrected chi connectivity index (χ4v) is 3.67. The maximum atomic E-state index is 12.7. The summed E-state index contributed by atoms with van der Waals surface area (Å²) in [5.41, 5.74) is 8.15. The van der Waals surface area contributed by atoms with E-state index in [-0.39, 0.29) is 55.0 Å². The molecule has 0 radical (unpaired) electrons. The lowest BCUT2D eigenvalue weighted by molar-refractivity contribution is -0.131. The molecule has 0 saturated carbocycles. The van der Waals surface area contributed by atoms with Crippen LogP contribution in [0, 0.1) is 5.41 Å². The highest BCUT2D eigenvalue weighted by Crippen LogP contribution is 2.21. The van der Waals surface area contributed by atoms with Crippen LogP contribution in [0.4, 0.5) is 0 Å². The molecule has 0 aliphatic carbocycles. The molecule has 1 aromatic rings. The van der Waals surface area contributed by atoms with Crippen LogP contribution < -0.4 is 21.4 Å². The third-order valence-corrected chi connectivity index (χ3v) is 5.41. The van der Waals surface area contributed by atoms with Gasteiger partial charge in [0.25, 0.3) is 15.9 Å². The summed E-state index contributed by atoms with van der Waals surface area (Å²) in [5.74, 6) is -1.33. The third-order valence-electron chi connectivity index (χ3n) is 4.06. The molecule has 1 aliphatic rings. The zero-order valence-electron chi connectivity index (χ0n) is 16.3. The number of nitrogens with two attached hydrogens (primary N) is 1. The Hall–Kier alpha value is -2.67. The molecule has 0 aromatic heterocycles. The predicted octanol–water partition coefficient (Wildman–Crippen LogP) is -0.229. The fraction of sp³-hybridized carbons (Fsp3) is 0.353. The van der Waals surface area contributed by atoms with Crippen LogP contribution in [0.15, 0.2) is 46.4 Å². The van der Waals surface area contributed by atoms with E-state index in [9.17, 15) is 18.0 Å². The molecule has 0 bridgehead atoms. The van der Waals surface area contributed by atoms with E-state index in [0.29, 0.717) is 6.42 Å². The summed E-state index contributed by atoms with van der Waals surface area (Å²) in [5, 5.41) is 10.5. The Morgan fingerprint density at radius 3 is 2.60 bits per heavy atom. The Morgan fingerprint density at radius 1 is 1.30 bits per heavy atom. The molecule has 30 heavy (non-hydrogen) atoms. The van der Waals surface area contributed by atoms with E-state index < -0.39 is 21.8 Å². The Bertz CT molecular complexity index is 906. The standard InChI is InChI=1S/C17H24N6O5S.ClH/c1-12-7-9-23(22-29(26,27)13-5-3-2-4-6-13)16(25)14(12)11-15(24)20-8-10-28-21-17(18)19;/h2-6,22H,7-11H2,1H3,(H,20,24)(H4,18,19,21);1H. The highest BCUT2D eigenvalue weighted by Gasteiger charge is 2.30. The second kappa shape index (κ2) is 11.5. The van der Waals surface area contributed by atoms with E-state index in [2.05, 4.69) is 15.6 Å². The summed E-state index contributed by atoms with van der Waals surface area (Å²) in [7, 11) is -3.91. The Morgan fingerprint density at radius 2 is 1.97 bits per heavy atom. The van der Waals surface area contributed by atoms with Gasteiger partial charge in [0.05, 0.1) is 17.9 Å². The smallest absolute Gasteiger partial charge is 0.265 e. The van der Waals surface area contributed by atoms with E-state index in [1.807, 2.05) is 0 Å². The van der Waals surface area contributed by atoms with Crippen molar-refractivity contribution in [2.24, 2.45) is 5.73 Å². The van der Waals surface area contributed by atoms with Crippen LogP contribution in [0.2, 0.25) is 0 Å². The number of carbonyl (C=O) groups excluding carboxylic acids is 2. The molecule has 0 saturated heterocycles. The molecule has 166 valence electrons. The fourth-order valence-electron chi connectivity index (χ4n) is 2.58. The SMILES string of the molecule is CC1=C(CC(=O)NCCONC(=N)N)C(=O)N(NS(=O)(=O)c2ccccc2)CC1.Cl. The highest BCUT2D eigenvalue weighted by molar-refractivity contribution is 7.89. The average Bonchev–Trinajstić information content (AvgIpc) is 2.67. The summed E-state index contributed by atoms with van der Waals surface area (Å²) in [6, 6.07) is 7.71. The molecule has 2 amide bonds. The van der Waals surface area contributed by atoms with Gasteiger partial charge in [-0.05, 0) is 25.5 Å². The van der Waals surface area contributed by atoms with E-state index in [1.165, 1.54) is 12.1 Å². The van der Waals surface area contributed by atoms with Crippen LogP contribution in [-0.2, 0) is 24.4 Å². The van der Waals surface area contributed by atoms with Gasteiger partial charge >= 0.3 is 0 Å². The molecule has 1 aromatic carbocycles. The molecule has 2 rings (SSSR count). The number of halogens is 1. The molecular formula is C17H25ClN6O5S. The summed E-state index contributed by atoms with van der Waals surface area (Å²) in [4.78, 5) is 32.0. The van der Waals surface area contributed by atoms with Crippen molar-refractivity contribution in [2.45, 2.75) is 24.7 Å². The number of nitrogens with zero attached hydrogens (tertiary/aromatic N) is 1. The second-order valence-electron chi connectivity index (χ2n) is 6.26. The maximum Gasteiger partial charge on any atom is 0.265 e. The second-order valence-corrected chi connectivity index (χ2v) is 7.93. The minimum atomic E-state index is -3.91. The minimum absolute atomic E-state index is 0. The third kappa shape index (κ3) is 7.30. The molecule has 6 N–H and O–H groups in total. The van der Waals surface area contributed by atoms with Gasteiger partial charge in [0, 0.05) is 18.7 Å². The monoisotopic (exact) mass is 460 g/mol. The summed E-state index contributed by atoms with van der Waals surface area (Å²) in [6.07, 6.45) is 0.256. The summed E-state index contributed by atoms with van der Waals surface area (Å²) < 4.78 is 24.9. The van der Waals surface area contributed by atoms with Gasteiger partial charge in [-0.2, -0.15) is 0 Å². The van der Waals surface area contributed by atoms with Crippen molar-refractivity contribution in [1.82, 2.24) is 20.6 Å². The van der Waals surface area contributed by atoms with Crippen LogP contribution in [-0.4, -0.2) is 50.9 Å². The molecule has 0 unspecified atom stereocenters. The van der Waals surface area contributed by atoms with Crippen LogP contribution >= 0.6 is 12.4 Å². The van der Waals surface area contributed by atoms with Crippen molar-refractivity contribution >= 4 is 40.2 Å². The molecule has 13 heteroatoms. The Kier molecular flexibility index (Phi) is 9.72. The predicted molar refractivity (Wildman–Crippen MR) is 112 cm³/mol. The maximum absolute atomic E-state index is 12.7. The number of hydrazine groups is 1. The van der Waals surface area contributed by atoms with Crippen LogP contribution in [0.25, 0.3) is 0 Å². The normalized spacial score (nSPS) is 14.2. The molecular weight excluding hydrogens is 436 g/mol. The number of hydroxylamine groups is 1. The Labute approximate surface area is 180 Å². The summed E-state index contributed by atoms with van der Waals surface area (Å²) >= 11 is 0. The van der Waals surface area contributed by atoms with Gasteiger partial charge in [0.1, 0.15) is 0 Å². The summed E-state index contributed by atoms with van der Waals surface area (Å²) in [6.45, 7) is 2.13. The number of hydrogen-bond donors (Lipinski definition) is 5. The Balaban J connectivity index is 0.00000450. The van der Waals surface area contributed by atoms with Gasteiger partial charge in [0.2, 0.25) is 11.9 Å². The van der Waals surface area contributed by atoms with Crippen molar-refractivity contribution in [3.8, 4) is 0 Å². The van der Waals surface area contributed by atoms with Gasteiger partial charge < -0.3 is 11.1 Å². The van der Waals surface area contributed by atoms with Crippen molar-refractivity contribution in [3.05, 3.63) is 41.5 Å². The van der Waals surface area contributed by atoms with Gasteiger partial charge in [0.15, 0.2) is 0 Å². The molecule has 1 aliphatic heterocycles. The van der Waals surface area contributed by atoms with Crippen molar-refractivity contribution in [3.63, 3.8) is 0 Å². The molecule has 0 atom stereocenters. The number of benzene rings is 1. The van der Waals surface area contributed by atoms with E-state index in [1.54, 1.807) is 25.1 Å². The first-order chi connectivity index (χ1) is 13.7. The number of nitrogens with one attached hydrogen (secondary N) is 4. The van der Waals surface area contributed by atoms with Gasteiger partial charge in [-0.25, -0.2) is 13.9 Å². The molecule has 0 fully saturated rings. The van der Waals surface area contributed by atoms with Crippen LogP contribution in [0.5, 0.6) is 0 Å². The lowest BCUT2D eigenvalue weighted by Gasteiger charge is -2.29. The topological polar surface area (TPSA) is 167 Å². The van der Waals surface area contributed by atoms with Crippen molar-refractivity contribution in [2.75, 3.05) is 19.7 Å². The molecule has 1 heterocycles. The number of guanidine groups is 1. The molecule has 11 nitrogen and oxygen atoms in total. The number of carbonyl (C=O) groups is 2. The van der Waals surface area contributed by atoms with E-state index >= 15 is 0 Å². The van der Waals surface area contributed by atoms with Crippen LogP contribution in [0.3, 0.4) is 0 Å². The van der Waals surface area contributed by atoms with E-state index in [4.69, 9.17) is 16.0 Å². The largest absolute Gasteiger partial charge is 0.368 e. The first-order valence-electron chi connectivity index (χ1n) is 8.77. The van der Waals surface area contributed by atoms with Crippen molar-refractivity contribution < 1.29 is 22.8 Å². The quantitative estimate of drug-likeness (QED) is 0.147. The lowest BCUT2D eigenvalue weighted by Crippen LogP contribution is -2.49. The zero-order chi connectivity index (χ0) is 21.4. The first kappa shape index (κ1) is 25.4. The first-order valence-corrected chi connectivity index (χ1v) is 10.3. The molecule has 0 spiro atoms.